The second-order valence-corrected chi connectivity index (χ2v) is 9.02. The fourth-order valence-corrected chi connectivity index (χ4v) is 4.85. The summed E-state index contributed by atoms with van der Waals surface area (Å²) in [5.74, 6) is -3.02. The highest BCUT2D eigenvalue weighted by atomic mass is 19.1. The van der Waals surface area contributed by atoms with Gasteiger partial charge >= 0.3 is 0 Å². The molecule has 188 valence electrons. The number of benzene rings is 1. The Kier molecular flexibility index (Phi) is 6.09. The van der Waals surface area contributed by atoms with Crippen molar-refractivity contribution in [2.24, 2.45) is 0 Å². The number of carbonyl (C=O) groups excluding carboxylic acids is 2. The summed E-state index contributed by atoms with van der Waals surface area (Å²) in [6, 6.07) is 6.45. The van der Waals surface area contributed by atoms with Crippen LogP contribution in [0.3, 0.4) is 0 Å². The fourth-order valence-electron chi connectivity index (χ4n) is 4.85. The number of halogens is 2. The van der Waals surface area contributed by atoms with Crippen LogP contribution in [0.4, 0.5) is 8.78 Å². The topological polar surface area (TPSA) is 108 Å². The molecule has 1 saturated heterocycles. The molecule has 9 nitrogen and oxygen atoms in total. The zero-order chi connectivity index (χ0) is 25.6. The molecule has 2 atom stereocenters. The molecular formula is C25H24F2N4O5. The minimum Gasteiger partial charge on any atom is -0.503 e. The molecule has 2 aromatic heterocycles. The number of nitrogens with one attached hydrogen (secondary N) is 1. The summed E-state index contributed by atoms with van der Waals surface area (Å²) in [7, 11) is 0. The highest BCUT2D eigenvalue weighted by Gasteiger charge is 2.43. The van der Waals surface area contributed by atoms with Gasteiger partial charge < -0.3 is 24.3 Å². The number of rotatable bonds is 5. The number of nitrogens with zero attached hydrogens (tertiary/aromatic N) is 3. The SMILES string of the molecule is C[C@H]1CCN(Cc2ccco2)C2Cn3cc(C(=O)NCc4ccc(F)cc4F)c(=O)c(O)c3C(=O)N21. The molecule has 0 bridgehead atoms. The van der Waals surface area contributed by atoms with Gasteiger partial charge in [0.2, 0.25) is 5.43 Å². The van der Waals surface area contributed by atoms with Crippen molar-refractivity contribution in [3.05, 3.63) is 87.2 Å². The normalized spacial score (nSPS) is 19.6. The Bertz CT molecular complexity index is 1390. The predicted molar refractivity (Wildman–Crippen MR) is 123 cm³/mol. The lowest BCUT2D eigenvalue weighted by atomic mass is 10.0. The number of furan rings is 1. The molecule has 2 amide bonds. The first-order chi connectivity index (χ1) is 17.2. The molecular weight excluding hydrogens is 474 g/mol. The van der Waals surface area contributed by atoms with E-state index >= 15 is 0 Å². The van der Waals surface area contributed by atoms with Gasteiger partial charge in [-0.05, 0) is 31.5 Å². The van der Waals surface area contributed by atoms with Gasteiger partial charge in [-0.1, -0.05) is 6.07 Å². The first kappa shape index (κ1) is 23.7. The molecule has 11 heteroatoms. The van der Waals surface area contributed by atoms with Crippen molar-refractivity contribution in [1.82, 2.24) is 19.7 Å². The summed E-state index contributed by atoms with van der Waals surface area (Å²) >= 11 is 0. The molecule has 2 N–H and O–H groups in total. The van der Waals surface area contributed by atoms with Crippen molar-refractivity contribution in [3.8, 4) is 5.75 Å². The Hall–Kier alpha value is -3.99. The Morgan fingerprint density at radius 1 is 1.25 bits per heavy atom. The maximum Gasteiger partial charge on any atom is 0.276 e. The van der Waals surface area contributed by atoms with E-state index in [4.69, 9.17) is 4.42 Å². The minimum absolute atomic E-state index is 0.0302. The van der Waals surface area contributed by atoms with Gasteiger partial charge in [-0.3, -0.25) is 19.3 Å². The second kappa shape index (κ2) is 9.23. The van der Waals surface area contributed by atoms with Gasteiger partial charge in [0.15, 0.2) is 11.4 Å². The van der Waals surface area contributed by atoms with Crippen LogP contribution in [0.2, 0.25) is 0 Å². The number of amides is 2. The summed E-state index contributed by atoms with van der Waals surface area (Å²) in [6.07, 6.45) is 3.14. The molecule has 0 radical (unpaired) electrons. The minimum atomic E-state index is -0.998. The summed E-state index contributed by atoms with van der Waals surface area (Å²) < 4.78 is 33.9. The van der Waals surface area contributed by atoms with E-state index in [1.807, 2.05) is 13.0 Å². The summed E-state index contributed by atoms with van der Waals surface area (Å²) in [5, 5.41) is 13.1. The molecule has 0 saturated carbocycles. The van der Waals surface area contributed by atoms with Gasteiger partial charge in [-0.25, -0.2) is 8.78 Å². The Morgan fingerprint density at radius 3 is 2.78 bits per heavy atom. The largest absolute Gasteiger partial charge is 0.503 e. The zero-order valence-electron chi connectivity index (χ0n) is 19.4. The van der Waals surface area contributed by atoms with E-state index in [0.29, 0.717) is 25.6 Å². The van der Waals surface area contributed by atoms with Crippen LogP contribution < -0.4 is 10.7 Å². The Morgan fingerprint density at radius 2 is 2.06 bits per heavy atom. The molecule has 5 rings (SSSR count). The van der Waals surface area contributed by atoms with Gasteiger partial charge in [0.1, 0.15) is 29.1 Å². The third-order valence-corrected chi connectivity index (χ3v) is 6.74. The molecule has 0 aliphatic carbocycles. The van der Waals surface area contributed by atoms with Gasteiger partial charge in [0.25, 0.3) is 11.8 Å². The van der Waals surface area contributed by atoms with Crippen LogP contribution in [0.1, 0.15) is 45.5 Å². The van der Waals surface area contributed by atoms with E-state index in [0.717, 1.165) is 11.8 Å². The molecule has 2 aliphatic rings. The highest BCUT2D eigenvalue weighted by Crippen LogP contribution is 2.31. The number of aromatic nitrogens is 1. The van der Waals surface area contributed by atoms with Gasteiger partial charge in [0.05, 0.1) is 19.4 Å². The summed E-state index contributed by atoms with van der Waals surface area (Å²) in [5.41, 5.74) is -1.53. The first-order valence-corrected chi connectivity index (χ1v) is 11.5. The van der Waals surface area contributed by atoms with E-state index in [1.54, 1.807) is 17.2 Å². The van der Waals surface area contributed by atoms with Crippen molar-refractivity contribution in [1.29, 1.82) is 0 Å². The number of hydrogen-bond acceptors (Lipinski definition) is 6. The van der Waals surface area contributed by atoms with E-state index in [1.165, 1.54) is 16.8 Å². The molecule has 1 aromatic carbocycles. The quantitative estimate of drug-likeness (QED) is 0.560. The molecule has 4 heterocycles. The summed E-state index contributed by atoms with van der Waals surface area (Å²) in [4.78, 5) is 42.8. The molecule has 36 heavy (non-hydrogen) atoms. The predicted octanol–water partition coefficient (Wildman–Crippen LogP) is 2.43. The smallest absolute Gasteiger partial charge is 0.276 e. The van der Waals surface area contributed by atoms with Crippen LogP contribution in [-0.4, -0.2) is 50.0 Å². The lowest BCUT2D eigenvalue weighted by Gasteiger charge is -2.50. The lowest BCUT2D eigenvalue weighted by molar-refractivity contribution is -0.0386. The van der Waals surface area contributed by atoms with Gasteiger partial charge in [0, 0.05) is 37.0 Å². The van der Waals surface area contributed by atoms with Crippen molar-refractivity contribution in [2.75, 3.05) is 6.54 Å². The maximum atomic E-state index is 13.9. The van der Waals surface area contributed by atoms with Crippen LogP contribution in [0.15, 0.2) is 52.0 Å². The zero-order valence-corrected chi connectivity index (χ0v) is 19.4. The highest BCUT2D eigenvalue weighted by molar-refractivity contribution is 5.99. The third kappa shape index (κ3) is 4.15. The second-order valence-electron chi connectivity index (χ2n) is 9.02. The monoisotopic (exact) mass is 498 g/mol. The fraction of sp³-hybridized carbons (Fsp3) is 0.320. The van der Waals surface area contributed by atoms with Gasteiger partial charge in [-0.2, -0.15) is 0 Å². The number of carbonyl (C=O) groups is 2. The number of hydrogen-bond donors (Lipinski definition) is 2. The van der Waals surface area contributed by atoms with Crippen LogP contribution in [0.25, 0.3) is 0 Å². The van der Waals surface area contributed by atoms with Crippen molar-refractivity contribution in [3.63, 3.8) is 0 Å². The van der Waals surface area contributed by atoms with Crippen LogP contribution >= 0.6 is 0 Å². The average molecular weight is 498 g/mol. The lowest BCUT2D eigenvalue weighted by Crippen LogP contribution is -2.63. The van der Waals surface area contributed by atoms with E-state index in [-0.39, 0.29) is 42.1 Å². The van der Waals surface area contributed by atoms with E-state index in [2.05, 4.69) is 10.2 Å². The van der Waals surface area contributed by atoms with Crippen LogP contribution in [-0.2, 0) is 19.6 Å². The van der Waals surface area contributed by atoms with Crippen molar-refractivity contribution < 1.29 is 27.9 Å². The molecule has 1 unspecified atom stereocenters. The Balaban J connectivity index is 1.44. The number of fused-ring (bicyclic) bond motifs is 2. The molecule has 3 aromatic rings. The van der Waals surface area contributed by atoms with Crippen LogP contribution in [0.5, 0.6) is 5.75 Å². The molecule has 2 aliphatic heterocycles. The molecule has 1 fully saturated rings. The van der Waals surface area contributed by atoms with Crippen molar-refractivity contribution >= 4 is 11.8 Å². The molecule has 0 spiro atoms. The Labute approximate surface area is 204 Å². The average Bonchev–Trinajstić information content (AvgIpc) is 3.35. The summed E-state index contributed by atoms with van der Waals surface area (Å²) in [6.45, 7) is 3.00. The number of aromatic hydroxyl groups is 1. The van der Waals surface area contributed by atoms with Crippen LogP contribution in [0, 0.1) is 11.6 Å². The van der Waals surface area contributed by atoms with E-state index < -0.39 is 34.6 Å². The van der Waals surface area contributed by atoms with Crippen molar-refractivity contribution in [2.45, 2.75) is 45.2 Å². The standard InChI is InChI=1S/C25H24F2N4O5/c1-14-6-7-29(11-17-3-2-8-36-17)20-13-30-12-18(22(32)23(33)21(30)25(35)31(14)20)24(34)28-10-15-4-5-16(26)9-19(15)27/h2-5,8-9,12,14,20,33H,6-7,10-11,13H2,1H3,(H,28,34)/t14-,20?/m0/s1. The maximum absolute atomic E-state index is 13.9. The van der Waals surface area contributed by atoms with Gasteiger partial charge in [-0.15, -0.1) is 0 Å². The first-order valence-electron chi connectivity index (χ1n) is 11.5. The third-order valence-electron chi connectivity index (χ3n) is 6.74. The van der Waals surface area contributed by atoms with E-state index in [9.17, 15) is 28.3 Å². The number of pyridine rings is 1.